The Kier molecular flexibility index (Phi) is 7.92. The summed E-state index contributed by atoms with van der Waals surface area (Å²) in [5.41, 5.74) is 0.0687. The van der Waals surface area contributed by atoms with Crippen LogP contribution >= 0.6 is 12.6 Å². The maximum Gasteiger partial charge on any atom is 0.312 e. The molecule has 0 radical (unpaired) electrons. The summed E-state index contributed by atoms with van der Waals surface area (Å²) in [5, 5.41) is 1.00. The Balaban J connectivity index is 1.75. The van der Waals surface area contributed by atoms with Gasteiger partial charge in [0.15, 0.2) is 4.93 Å². The summed E-state index contributed by atoms with van der Waals surface area (Å²) < 4.78 is 18.6. The van der Waals surface area contributed by atoms with Crippen LogP contribution in [-0.2, 0) is 9.53 Å². The Labute approximate surface area is 228 Å². The van der Waals surface area contributed by atoms with Crippen molar-refractivity contribution in [2.24, 2.45) is 16.2 Å². The monoisotopic (exact) mass is 524 g/mol. The Hall–Kier alpha value is -2.40. The maximum atomic E-state index is 13.6. The molecule has 0 spiro atoms. The molecule has 3 rings (SSSR count). The van der Waals surface area contributed by atoms with Crippen LogP contribution in [0.3, 0.4) is 0 Å². The quantitative estimate of drug-likeness (QED) is 0.181. The summed E-state index contributed by atoms with van der Waals surface area (Å²) >= 11 is 4.82. The van der Waals surface area contributed by atoms with Crippen LogP contribution in [0, 0.1) is 16.2 Å². The molecule has 37 heavy (non-hydrogen) atoms. The number of hydrogen-bond acceptors (Lipinski definition) is 5. The molecule has 2 atom stereocenters. The smallest absolute Gasteiger partial charge is 0.312 e. The summed E-state index contributed by atoms with van der Waals surface area (Å²) in [7, 11) is 0. The Morgan fingerprint density at radius 1 is 0.838 bits per heavy atom. The lowest BCUT2D eigenvalue weighted by atomic mass is 9.61. The highest BCUT2D eigenvalue weighted by Crippen LogP contribution is 2.48. The molecule has 0 bridgehead atoms. The fourth-order valence-electron chi connectivity index (χ4n) is 5.00. The van der Waals surface area contributed by atoms with Gasteiger partial charge in [-0.05, 0) is 63.1 Å². The van der Waals surface area contributed by atoms with Crippen LogP contribution in [0.25, 0.3) is 22.3 Å². The second-order valence-corrected chi connectivity index (χ2v) is 14.5. The summed E-state index contributed by atoms with van der Waals surface area (Å²) in [6.45, 7) is 20.6. The molecule has 0 aliphatic carbocycles. The molecule has 3 aromatic rings. The van der Waals surface area contributed by atoms with E-state index in [-0.39, 0.29) is 16.8 Å². The van der Waals surface area contributed by atoms with Crippen molar-refractivity contribution in [3.05, 3.63) is 54.6 Å². The largest absolute Gasteiger partial charge is 0.477 e. The fourth-order valence-corrected chi connectivity index (χ4v) is 5.49. The zero-order valence-electron chi connectivity index (χ0n) is 24.2. The first kappa shape index (κ1) is 29.2. The molecular weight excluding hydrogens is 480 g/mol. The first-order valence-electron chi connectivity index (χ1n) is 13.0. The van der Waals surface area contributed by atoms with Crippen molar-refractivity contribution in [1.82, 2.24) is 0 Å². The van der Waals surface area contributed by atoms with Crippen LogP contribution in [0.5, 0.6) is 5.75 Å². The van der Waals surface area contributed by atoms with Crippen LogP contribution in [0.2, 0.25) is 0 Å². The van der Waals surface area contributed by atoms with Crippen LogP contribution in [0.4, 0.5) is 0 Å². The zero-order chi connectivity index (χ0) is 27.9. The van der Waals surface area contributed by atoms with E-state index in [4.69, 9.17) is 26.5 Å². The van der Waals surface area contributed by atoms with Crippen LogP contribution in [0.1, 0.15) is 82.1 Å². The van der Waals surface area contributed by atoms with Crippen molar-refractivity contribution < 1.29 is 18.7 Å². The lowest BCUT2D eigenvalue weighted by molar-refractivity contribution is -0.180. The van der Waals surface area contributed by atoms with Gasteiger partial charge < -0.3 is 13.9 Å². The minimum atomic E-state index is -0.880. The summed E-state index contributed by atoms with van der Waals surface area (Å²) in [6, 6.07) is 17.8. The van der Waals surface area contributed by atoms with E-state index >= 15 is 0 Å². The predicted octanol–water partition coefficient (Wildman–Crippen LogP) is 9.33. The highest BCUT2D eigenvalue weighted by molar-refractivity contribution is 7.81. The van der Waals surface area contributed by atoms with Gasteiger partial charge in [-0.3, -0.25) is 4.79 Å². The molecule has 1 aromatic heterocycles. The minimum Gasteiger partial charge on any atom is -0.477 e. The number of carbonyl (C=O) groups excluding carboxylic acids is 1. The summed E-state index contributed by atoms with van der Waals surface area (Å²) in [4.78, 5) is 12.7. The molecule has 202 valence electrons. The van der Waals surface area contributed by atoms with Gasteiger partial charge in [-0.25, -0.2) is 0 Å². The molecular formula is C32H44O4S. The second kappa shape index (κ2) is 10.1. The highest BCUT2D eigenvalue weighted by Gasteiger charge is 2.49. The predicted molar refractivity (Wildman–Crippen MR) is 156 cm³/mol. The number of esters is 1. The maximum absolute atomic E-state index is 13.6. The first-order chi connectivity index (χ1) is 16.8. The van der Waals surface area contributed by atoms with E-state index < -0.39 is 15.9 Å². The van der Waals surface area contributed by atoms with Crippen molar-refractivity contribution >= 4 is 29.6 Å². The highest BCUT2D eigenvalue weighted by atomic mass is 32.1. The van der Waals surface area contributed by atoms with Gasteiger partial charge in [0.1, 0.15) is 22.7 Å². The van der Waals surface area contributed by atoms with Crippen molar-refractivity contribution in [3.63, 3.8) is 0 Å². The number of hydrogen-bond donors (Lipinski definition) is 1. The Morgan fingerprint density at radius 2 is 1.46 bits per heavy atom. The van der Waals surface area contributed by atoms with Gasteiger partial charge >= 0.3 is 5.97 Å². The minimum absolute atomic E-state index is 0.0166. The van der Waals surface area contributed by atoms with Crippen LogP contribution in [-0.4, -0.2) is 16.5 Å². The van der Waals surface area contributed by atoms with E-state index in [0.29, 0.717) is 12.2 Å². The second-order valence-electron chi connectivity index (χ2n) is 13.6. The number of thiol groups is 1. The first-order valence-corrected chi connectivity index (χ1v) is 13.5. The Morgan fingerprint density at radius 3 is 2.03 bits per heavy atom. The van der Waals surface area contributed by atoms with E-state index in [1.54, 1.807) is 0 Å². The fraction of sp³-hybridized carbons (Fsp3) is 0.531. The number of ether oxygens (including phenoxy) is 2. The molecule has 5 heteroatoms. The molecule has 0 fully saturated rings. The third kappa shape index (κ3) is 7.34. The Bertz CT molecular complexity index is 1230. The number of fused-ring (bicyclic) bond motifs is 1. The summed E-state index contributed by atoms with van der Waals surface area (Å²) in [6.07, 6.45) is 1.12. The number of rotatable bonds is 8. The van der Waals surface area contributed by atoms with Crippen LogP contribution in [0.15, 0.2) is 59.0 Å². The molecule has 1 heterocycles. The molecule has 0 saturated carbocycles. The van der Waals surface area contributed by atoms with Gasteiger partial charge in [0.2, 0.25) is 0 Å². The number of furan rings is 1. The zero-order valence-corrected chi connectivity index (χ0v) is 25.1. The lowest BCUT2D eigenvalue weighted by Gasteiger charge is -2.45. The van der Waals surface area contributed by atoms with E-state index in [2.05, 4.69) is 41.5 Å². The van der Waals surface area contributed by atoms with Gasteiger partial charge in [0, 0.05) is 23.4 Å². The summed E-state index contributed by atoms with van der Waals surface area (Å²) in [5.74, 6) is 1.27. The van der Waals surface area contributed by atoms with Crippen molar-refractivity contribution in [1.29, 1.82) is 0 Å². The topological polar surface area (TPSA) is 48.7 Å². The molecule has 2 unspecified atom stereocenters. The van der Waals surface area contributed by atoms with Crippen molar-refractivity contribution in [3.8, 4) is 17.1 Å². The average Bonchev–Trinajstić information content (AvgIpc) is 3.14. The van der Waals surface area contributed by atoms with Crippen molar-refractivity contribution in [2.75, 3.05) is 0 Å². The molecule has 0 N–H and O–H groups in total. The molecule has 0 aliphatic rings. The molecule has 2 aromatic carbocycles. The standard InChI is InChI=1S/C32H44O4S/c1-28(2,3)20-31(9,29(4,5)6)27(33)36-30(7,8)21-32(10,37)35-24-17-16-23-18-25(34-26(23)19-24)22-14-12-11-13-15-22/h11-19,37H,20-21H2,1-10H3. The third-order valence-electron chi connectivity index (χ3n) is 7.00. The van der Waals surface area contributed by atoms with Crippen LogP contribution < -0.4 is 4.74 Å². The van der Waals surface area contributed by atoms with E-state index in [1.165, 1.54) is 0 Å². The molecule has 4 nitrogen and oxygen atoms in total. The third-order valence-corrected chi connectivity index (χ3v) is 7.25. The average molecular weight is 525 g/mol. The molecule has 0 aliphatic heterocycles. The molecule has 0 amide bonds. The number of benzene rings is 2. The van der Waals surface area contributed by atoms with Gasteiger partial charge in [0.25, 0.3) is 0 Å². The SMILES string of the molecule is CC(C)(C)CC(C)(C(=O)OC(C)(C)CC(C)(S)Oc1ccc2cc(-c3ccccc3)oc2c1)C(C)(C)C. The normalized spacial score (nSPS) is 16.2. The number of carbonyl (C=O) groups is 1. The van der Waals surface area contributed by atoms with Gasteiger partial charge in [-0.1, -0.05) is 71.9 Å². The lowest BCUT2D eigenvalue weighted by Crippen LogP contribution is -2.48. The van der Waals surface area contributed by atoms with Crippen molar-refractivity contribution in [2.45, 2.75) is 92.6 Å². The van der Waals surface area contributed by atoms with Gasteiger partial charge in [-0.15, -0.1) is 12.6 Å². The van der Waals surface area contributed by atoms with E-state index in [9.17, 15) is 4.79 Å². The van der Waals surface area contributed by atoms with E-state index in [0.717, 1.165) is 28.7 Å². The van der Waals surface area contributed by atoms with E-state index in [1.807, 2.05) is 82.3 Å². The molecule has 0 saturated heterocycles. The van der Waals surface area contributed by atoms with Gasteiger partial charge in [-0.2, -0.15) is 0 Å². The van der Waals surface area contributed by atoms with Gasteiger partial charge in [0.05, 0.1) is 5.41 Å².